The summed E-state index contributed by atoms with van der Waals surface area (Å²) in [5.74, 6) is -5.41. The molecular formula is C30H28ClF3N4O6. The fourth-order valence-corrected chi connectivity index (χ4v) is 3.96. The van der Waals surface area contributed by atoms with Crippen LogP contribution in [0.4, 0.5) is 23.7 Å². The van der Waals surface area contributed by atoms with E-state index in [1.54, 1.807) is 48.5 Å². The summed E-state index contributed by atoms with van der Waals surface area (Å²) in [6, 6.07) is 20.6. The third-order valence-electron chi connectivity index (χ3n) is 5.98. The third-order valence-corrected chi connectivity index (χ3v) is 6.23. The van der Waals surface area contributed by atoms with Crippen LogP contribution in [0.25, 0.3) is 11.1 Å². The lowest BCUT2D eigenvalue weighted by molar-refractivity contribution is -0.202. The van der Waals surface area contributed by atoms with Crippen LogP contribution in [-0.4, -0.2) is 49.0 Å². The van der Waals surface area contributed by atoms with Crippen molar-refractivity contribution in [3.05, 3.63) is 89.4 Å². The number of benzene rings is 3. The number of carbonyl (C=O) groups is 5. The van der Waals surface area contributed by atoms with E-state index < -0.39 is 55.0 Å². The number of urea groups is 1. The fourth-order valence-electron chi connectivity index (χ4n) is 3.83. The highest BCUT2D eigenvalue weighted by atomic mass is 35.5. The minimum atomic E-state index is -5.37. The predicted octanol–water partition coefficient (Wildman–Crippen LogP) is 4.90. The molecule has 3 rings (SSSR count). The van der Waals surface area contributed by atoms with Crippen LogP contribution >= 0.6 is 11.6 Å². The Kier molecular flexibility index (Phi) is 12.3. The number of hydrogen-bond donors (Lipinski definition) is 4. The first-order valence-corrected chi connectivity index (χ1v) is 13.6. The highest BCUT2D eigenvalue weighted by molar-refractivity contribution is 6.30. The van der Waals surface area contributed by atoms with Crippen molar-refractivity contribution in [3.8, 4) is 11.1 Å². The highest BCUT2D eigenvalue weighted by Gasteiger charge is 2.42. The number of esters is 2. The molecule has 10 nitrogen and oxygen atoms in total. The Bertz CT molecular complexity index is 1450. The molecule has 0 saturated carbocycles. The van der Waals surface area contributed by atoms with E-state index >= 15 is 0 Å². The van der Waals surface area contributed by atoms with Gasteiger partial charge in [0, 0.05) is 23.7 Å². The van der Waals surface area contributed by atoms with Gasteiger partial charge in [-0.15, -0.1) is 0 Å². The monoisotopic (exact) mass is 632 g/mol. The number of alkyl halides is 3. The maximum Gasteiger partial charge on any atom is 0.491 e. The zero-order valence-corrected chi connectivity index (χ0v) is 23.8. The first kappa shape index (κ1) is 33.6. The molecular weight excluding hydrogens is 605 g/mol. The van der Waals surface area contributed by atoms with E-state index in [4.69, 9.17) is 11.6 Å². The Hall–Kier alpha value is -4.91. The van der Waals surface area contributed by atoms with Crippen molar-refractivity contribution in [2.24, 2.45) is 0 Å². The van der Waals surface area contributed by atoms with Crippen LogP contribution in [0, 0.1) is 0 Å². The fraction of sp³-hybridized carbons (Fsp3) is 0.233. The van der Waals surface area contributed by atoms with Gasteiger partial charge in [-0.2, -0.15) is 13.2 Å². The Morgan fingerprint density at radius 1 is 0.795 bits per heavy atom. The van der Waals surface area contributed by atoms with Crippen molar-refractivity contribution >= 4 is 47.1 Å². The van der Waals surface area contributed by atoms with Gasteiger partial charge in [0.1, 0.15) is 0 Å². The lowest BCUT2D eigenvalue weighted by Gasteiger charge is -2.19. The van der Waals surface area contributed by atoms with Crippen LogP contribution in [0.2, 0.25) is 5.02 Å². The van der Waals surface area contributed by atoms with E-state index in [9.17, 15) is 37.1 Å². The molecule has 1 unspecified atom stereocenters. The predicted molar refractivity (Wildman–Crippen MR) is 155 cm³/mol. The van der Waals surface area contributed by atoms with Gasteiger partial charge in [0.15, 0.2) is 0 Å². The Morgan fingerprint density at radius 2 is 1.43 bits per heavy atom. The third kappa shape index (κ3) is 11.4. The van der Waals surface area contributed by atoms with Crippen molar-refractivity contribution in [2.75, 3.05) is 18.4 Å². The van der Waals surface area contributed by atoms with Gasteiger partial charge in [-0.05, 0) is 47.4 Å². The second-order valence-corrected chi connectivity index (χ2v) is 9.78. The molecule has 3 aromatic rings. The first-order valence-electron chi connectivity index (χ1n) is 13.2. The largest absolute Gasteiger partial charge is 0.491 e. The molecule has 14 heteroatoms. The Balaban J connectivity index is 1.51. The number of ether oxygens (including phenoxy) is 1. The molecule has 0 aliphatic heterocycles. The minimum Gasteiger partial charge on any atom is -0.386 e. The van der Waals surface area contributed by atoms with Crippen molar-refractivity contribution in [3.63, 3.8) is 0 Å². The molecule has 0 aliphatic carbocycles. The van der Waals surface area contributed by atoms with Gasteiger partial charge in [-0.25, -0.2) is 9.59 Å². The lowest BCUT2D eigenvalue weighted by Crippen LogP contribution is -2.40. The van der Waals surface area contributed by atoms with Gasteiger partial charge in [0.25, 0.3) is 0 Å². The minimum absolute atomic E-state index is 0.0231. The average Bonchev–Trinajstić information content (AvgIpc) is 2.99. The summed E-state index contributed by atoms with van der Waals surface area (Å²) in [4.78, 5) is 59.9. The topological polar surface area (TPSA) is 143 Å². The van der Waals surface area contributed by atoms with E-state index in [-0.39, 0.29) is 19.4 Å². The van der Waals surface area contributed by atoms with Crippen LogP contribution in [0.5, 0.6) is 0 Å². The molecule has 0 aliphatic rings. The van der Waals surface area contributed by atoms with E-state index in [2.05, 4.69) is 26.0 Å². The molecule has 0 radical (unpaired) electrons. The number of hydrogen-bond acceptors (Lipinski definition) is 6. The SMILES string of the molecule is O=C(CCCNC(=O)Nc1ccc(Cl)cc1)NCC(=O)NC(CC(=O)OC(=O)C(F)(F)F)c1ccc(-c2ccccc2)cc1. The number of rotatable bonds is 12. The normalized spacial score (nSPS) is 11.5. The molecule has 4 N–H and O–H groups in total. The summed E-state index contributed by atoms with van der Waals surface area (Å²) in [5, 5.41) is 10.6. The molecule has 0 fully saturated rings. The van der Waals surface area contributed by atoms with Crippen molar-refractivity contribution < 1.29 is 41.9 Å². The molecule has 0 spiro atoms. The molecule has 0 bridgehead atoms. The van der Waals surface area contributed by atoms with E-state index in [1.807, 2.05) is 30.3 Å². The average molecular weight is 633 g/mol. The summed E-state index contributed by atoms with van der Waals surface area (Å²) >= 11 is 5.80. The number of amides is 4. The van der Waals surface area contributed by atoms with Gasteiger partial charge in [0.05, 0.1) is 19.0 Å². The number of anilines is 1. The Morgan fingerprint density at radius 3 is 2.07 bits per heavy atom. The smallest absolute Gasteiger partial charge is 0.386 e. The van der Waals surface area contributed by atoms with Crippen LogP contribution in [0.1, 0.15) is 30.9 Å². The molecule has 0 heterocycles. The summed E-state index contributed by atoms with van der Waals surface area (Å²) in [6.45, 7) is -0.336. The zero-order chi connectivity index (χ0) is 32.1. The van der Waals surface area contributed by atoms with E-state index in [1.165, 1.54) is 0 Å². The van der Waals surface area contributed by atoms with Gasteiger partial charge in [-0.3, -0.25) is 14.4 Å². The number of halogens is 4. The highest BCUT2D eigenvalue weighted by Crippen LogP contribution is 2.24. The Labute approximate surface area is 255 Å². The summed E-state index contributed by atoms with van der Waals surface area (Å²) in [5.41, 5.74) is 2.57. The summed E-state index contributed by atoms with van der Waals surface area (Å²) in [7, 11) is 0. The first-order chi connectivity index (χ1) is 20.9. The van der Waals surface area contributed by atoms with Gasteiger partial charge in [0.2, 0.25) is 11.8 Å². The molecule has 0 saturated heterocycles. The molecule has 0 aromatic heterocycles. The van der Waals surface area contributed by atoms with Gasteiger partial charge < -0.3 is 26.0 Å². The molecule has 44 heavy (non-hydrogen) atoms. The van der Waals surface area contributed by atoms with Crippen molar-refractivity contribution in [1.29, 1.82) is 0 Å². The van der Waals surface area contributed by atoms with E-state index in [0.29, 0.717) is 16.3 Å². The van der Waals surface area contributed by atoms with E-state index in [0.717, 1.165) is 11.1 Å². The van der Waals surface area contributed by atoms with Gasteiger partial charge in [-0.1, -0.05) is 66.2 Å². The molecule has 1 atom stereocenters. The van der Waals surface area contributed by atoms with Gasteiger partial charge >= 0.3 is 24.1 Å². The molecule has 4 amide bonds. The molecule has 3 aromatic carbocycles. The lowest BCUT2D eigenvalue weighted by atomic mass is 9.99. The van der Waals surface area contributed by atoms with Crippen LogP contribution in [-0.2, 0) is 23.9 Å². The summed E-state index contributed by atoms with van der Waals surface area (Å²) < 4.78 is 41.5. The quantitative estimate of drug-likeness (QED) is 0.127. The number of carbonyl (C=O) groups excluding carboxylic acids is 5. The van der Waals surface area contributed by atoms with Crippen LogP contribution in [0.15, 0.2) is 78.9 Å². The van der Waals surface area contributed by atoms with Crippen LogP contribution in [0.3, 0.4) is 0 Å². The van der Waals surface area contributed by atoms with Crippen molar-refractivity contribution in [1.82, 2.24) is 16.0 Å². The second kappa shape index (κ2) is 16.1. The summed E-state index contributed by atoms with van der Waals surface area (Å²) in [6.07, 6.45) is -5.91. The number of nitrogens with one attached hydrogen (secondary N) is 4. The van der Waals surface area contributed by atoms with Crippen LogP contribution < -0.4 is 21.3 Å². The molecule has 232 valence electrons. The maximum absolute atomic E-state index is 12.6. The maximum atomic E-state index is 12.6. The second-order valence-electron chi connectivity index (χ2n) is 9.34. The van der Waals surface area contributed by atoms with Crippen molar-refractivity contribution in [2.45, 2.75) is 31.5 Å². The zero-order valence-electron chi connectivity index (χ0n) is 23.1. The standard InChI is InChI=1S/C30H28ClF3N4O6/c31-22-12-14-23(15-13-22)37-29(43)35-16-4-7-25(39)36-18-26(40)38-24(17-27(41)44-28(42)30(32,33)34)21-10-8-20(9-11-21)19-5-2-1-3-6-19/h1-3,5-6,8-15,24H,4,7,16-18H2,(H,36,39)(H,38,40)(H2,35,37,43).